The molecule has 21 heavy (non-hydrogen) atoms. The summed E-state index contributed by atoms with van der Waals surface area (Å²) in [6, 6.07) is 11.8. The van der Waals surface area contributed by atoms with E-state index in [9.17, 15) is 0 Å². The molecule has 118 valence electrons. The molecule has 0 saturated heterocycles. The number of benzene rings is 1. The quantitative estimate of drug-likeness (QED) is 0.855. The van der Waals surface area contributed by atoms with Crippen LogP contribution in [0.3, 0.4) is 0 Å². The molecule has 0 bridgehead atoms. The summed E-state index contributed by atoms with van der Waals surface area (Å²) in [5.41, 5.74) is 7.82. The molecule has 0 amide bonds. The third-order valence-electron chi connectivity index (χ3n) is 5.15. The molecule has 2 nitrogen and oxygen atoms in total. The second kappa shape index (κ2) is 7.95. The highest BCUT2D eigenvalue weighted by molar-refractivity contribution is 5.14. The van der Waals surface area contributed by atoms with E-state index in [4.69, 9.17) is 5.73 Å². The highest BCUT2D eigenvalue weighted by Gasteiger charge is 2.29. The van der Waals surface area contributed by atoms with Crippen molar-refractivity contribution in [1.29, 1.82) is 0 Å². The van der Waals surface area contributed by atoms with Gasteiger partial charge in [0.2, 0.25) is 0 Å². The van der Waals surface area contributed by atoms with Gasteiger partial charge in [-0.1, -0.05) is 43.7 Å². The molecule has 1 aliphatic carbocycles. The first-order valence-electron chi connectivity index (χ1n) is 8.63. The molecular formula is C19H32N2. The smallest absolute Gasteiger partial charge is 0.0236 e. The van der Waals surface area contributed by atoms with Crippen molar-refractivity contribution in [2.75, 3.05) is 6.54 Å². The van der Waals surface area contributed by atoms with Crippen molar-refractivity contribution in [3.8, 4) is 0 Å². The number of nitrogens with zero attached hydrogens (tertiary/aromatic N) is 1. The normalized spacial score (nSPS) is 26.5. The summed E-state index contributed by atoms with van der Waals surface area (Å²) in [7, 11) is 0. The first kappa shape index (κ1) is 16.5. The average molecular weight is 288 g/mol. The Morgan fingerprint density at radius 3 is 2.52 bits per heavy atom. The maximum absolute atomic E-state index is 6.41. The molecule has 2 heteroatoms. The fourth-order valence-corrected chi connectivity index (χ4v) is 3.54. The van der Waals surface area contributed by atoms with Crippen LogP contribution in [-0.2, 0) is 6.54 Å². The first-order chi connectivity index (χ1) is 10.1. The second-order valence-corrected chi connectivity index (χ2v) is 7.02. The van der Waals surface area contributed by atoms with Crippen LogP contribution in [0.4, 0.5) is 0 Å². The van der Waals surface area contributed by atoms with E-state index in [-0.39, 0.29) is 0 Å². The van der Waals surface area contributed by atoms with Gasteiger partial charge in [-0.3, -0.25) is 4.90 Å². The molecule has 1 aliphatic rings. The predicted molar refractivity (Wildman–Crippen MR) is 91.1 cm³/mol. The molecule has 3 unspecified atom stereocenters. The minimum absolute atomic E-state index is 0.393. The fraction of sp³-hybridized carbons (Fsp3) is 0.684. The summed E-state index contributed by atoms with van der Waals surface area (Å²) in [4.78, 5) is 2.60. The van der Waals surface area contributed by atoms with E-state index in [1.165, 1.54) is 31.2 Å². The van der Waals surface area contributed by atoms with Crippen molar-refractivity contribution in [2.24, 2.45) is 17.6 Å². The van der Waals surface area contributed by atoms with Gasteiger partial charge in [-0.05, 0) is 50.5 Å². The molecular weight excluding hydrogens is 256 g/mol. The molecule has 1 saturated carbocycles. The Kier molecular flexibility index (Phi) is 6.25. The minimum Gasteiger partial charge on any atom is -0.327 e. The monoisotopic (exact) mass is 288 g/mol. The van der Waals surface area contributed by atoms with E-state index in [0.29, 0.717) is 18.0 Å². The zero-order valence-electron chi connectivity index (χ0n) is 14.0. The largest absolute Gasteiger partial charge is 0.327 e. The molecule has 2 rings (SSSR count). The topological polar surface area (TPSA) is 29.3 Å². The van der Waals surface area contributed by atoms with Crippen molar-refractivity contribution >= 4 is 0 Å². The van der Waals surface area contributed by atoms with Crippen molar-refractivity contribution in [1.82, 2.24) is 4.90 Å². The van der Waals surface area contributed by atoms with Crippen molar-refractivity contribution in [2.45, 2.75) is 65.1 Å². The van der Waals surface area contributed by atoms with Gasteiger partial charge in [0, 0.05) is 25.2 Å². The van der Waals surface area contributed by atoms with Gasteiger partial charge < -0.3 is 5.73 Å². The van der Waals surface area contributed by atoms with Gasteiger partial charge in [0.1, 0.15) is 0 Å². The third kappa shape index (κ3) is 4.82. The Bertz CT molecular complexity index is 401. The van der Waals surface area contributed by atoms with Gasteiger partial charge >= 0.3 is 0 Å². The zero-order valence-corrected chi connectivity index (χ0v) is 14.0. The molecule has 1 aromatic rings. The lowest BCUT2D eigenvalue weighted by molar-refractivity contribution is 0.126. The zero-order chi connectivity index (χ0) is 15.2. The lowest BCUT2D eigenvalue weighted by atomic mass is 9.77. The minimum atomic E-state index is 0.393. The molecule has 0 spiro atoms. The summed E-state index contributed by atoms with van der Waals surface area (Å²) in [5.74, 6) is 1.55. The summed E-state index contributed by atoms with van der Waals surface area (Å²) < 4.78 is 0. The highest BCUT2D eigenvalue weighted by atomic mass is 15.1. The number of rotatable bonds is 6. The lowest BCUT2D eigenvalue weighted by Crippen LogP contribution is -2.44. The van der Waals surface area contributed by atoms with Crippen molar-refractivity contribution < 1.29 is 0 Å². The van der Waals surface area contributed by atoms with Crippen LogP contribution in [0.2, 0.25) is 0 Å². The van der Waals surface area contributed by atoms with Gasteiger partial charge in [-0.25, -0.2) is 0 Å². The Balaban J connectivity index is 1.98. The van der Waals surface area contributed by atoms with Crippen LogP contribution >= 0.6 is 0 Å². The summed E-state index contributed by atoms with van der Waals surface area (Å²) in [6.07, 6.45) is 5.16. The maximum atomic E-state index is 6.41. The van der Waals surface area contributed by atoms with Gasteiger partial charge in [0.05, 0.1) is 0 Å². The van der Waals surface area contributed by atoms with Gasteiger partial charge in [-0.15, -0.1) is 0 Å². The Labute approximate surface area is 130 Å². The Morgan fingerprint density at radius 1 is 1.19 bits per heavy atom. The summed E-state index contributed by atoms with van der Waals surface area (Å²) in [5, 5.41) is 0. The Morgan fingerprint density at radius 2 is 1.90 bits per heavy atom. The fourth-order valence-electron chi connectivity index (χ4n) is 3.54. The number of nitrogens with two attached hydrogens (primary N) is 1. The number of hydrogen-bond donors (Lipinski definition) is 1. The third-order valence-corrected chi connectivity index (χ3v) is 5.15. The molecule has 0 aromatic heterocycles. The van der Waals surface area contributed by atoms with Gasteiger partial charge in [0.25, 0.3) is 0 Å². The molecule has 0 heterocycles. The highest BCUT2D eigenvalue weighted by Crippen LogP contribution is 2.31. The standard InChI is InChI=1S/C19H32N2/c1-4-16-10-11-19(20)18(12-16)14-21(15(2)3)13-17-8-6-5-7-9-17/h5-9,15-16,18-19H,4,10-14,20H2,1-3H3. The van der Waals surface area contributed by atoms with Crippen LogP contribution in [0.25, 0.3) is 0 Å². The molecule has 3 atom stereocenters. The van der Waals surface area contributed by atoms with Crippen LogP contribution < -0.4 is 5.73 Å². The average Bonchev–Trinajstić information content (AvgIpc) is 2.49. The van der Waals surface area contributed by atoms with Crippen molar-refractivity contribution in [3.05, 3.63) is 35.9 Å². The predicted octanol–water partition coefficient (Wildman–Crippen LogP) is 4.05. The molecule has 0 aliphatic heterocycles. The summed E-state index contributed by atoms with van der Waals surface area (Å²) >= 11 is 0. The van der Waals surface area contributed by atoms with E-state index in [0.717, 1.165) is 19.0 Å². The van der Waals surface area contributed by atoms with E-state index in [1.54, 1.807) is 0 Å². The molecule has 0 radical (unpaired) electrons. The summed E-state index contributed by atoms with van der Waals surface area (Å²) in [6.45, 7) is 9.11. The van der Waals surface area contributed by atoms with Crippen LogP contribution in [0.1, 0.15) is 52.0 Å². The molecule has 2 N–H and O–H groups in total. The van der Waals surface area contributed by atoms with Gasteiger partial charge in [-0.2, -0.15) is 0 Å². The van der Waals surface area contributed by atoms with Crippen LogP contribution in [0, 0.1) is 11.8 Å². The van der Waals surface area contributed by atoms with Gasteiger partial charge in [0.15, 0.2) is 0 Å². The first-order valence-corrected chi connectivity index (χ1v) is 8.63. The van der Waals surface area contributed by atoms with E-state index in [2.05, 4.69) is 56.0 Å². The van der Waals surface area contributed by atoms with E-state index in [1.807, 2.05) is 0 Å². The second-order valence-electron chi connectivity index (χ2n) is 7.02. The number of hydrogen-bond acceptors (Lipinski definition) is 2. The van der Waals surface area contributed by atoms with Crippen molar-refractivity contribution in [3.63, 3.8) is 0 Å². The van der Waals surface area contributed by atoms with E-state index < -0.39 is 0 Å². The van der Waals surface area contributed by atoms with E-state index >= 15 is 0 Å². The lowest BCUT2D eigenvalue weighted by Gasteiger charge is -2.38. The van der Waals surface area contributed by atoms with Crippen LogP contribution in [-0.4, -0.2) is 23.5 Å². The SMILES string of the molecule is CCC1CCC(N)C(CN(Cc2ccccc2)C(C)C)C1. The molecule has 1 aromatic carbocycles. The van der Waals surface area contributed by atoms with Crippen LogP contribution in [0.15, 0.2) is 30.3 Å². The van der Waals surface area contributed by atoms with Crippen LogP contribution in [0.5, 0.6) is 0 Å². The molecule has 1 fully saturated rings. The maximum Gasteiger partial charge on any atom is 0.0236 e. The Hall–Kier alpha value is -0.860.